The molecule has 1 aliphatic heterocycles. The zero-order valence-electron chi connectivity index (χ0n) is 10.5. The van der Waals surface area contributed by atoms with Crippen LogP contribution in [0, 0.1) is 0 Å². The van der Waals surface area contributed by atoms with E-state index in [1.54, 1.807) is 6.07 Å². The summed E-state index contributed by atoms with van der Waals surface area (Å²) in [5.74, 6) is 1.23. The Kier molecular flexibility index (Phi) is 2.77. The fraction of sp³-hybridized carbons (Fsp3) is 0.583. The summed E-state index contributed by atoms with van der Waals surface area (Å²) in [4.78, 5) is 22.9. The maximum absolute atomic E-state index is 11.9. The number of aromatic amines is 1. The number of hydrogen-bond acceptors (Lipinski definition) is 4. The van der Waals surface area contributed by atoms with Crippen molar-refractivity contribution in [3.05, 3.63) is 22.1 Å². The number of anilines is 1. The minimum atomic E-state index is -0.0820. The fourth-order valence-corrected chi connectivity index (χ4v) is 2.37. The SMILES string of the molecule is CCCc1cc(=O)n2[nH]c(N3CCCC3)nc2n1. The molecule has 0 aromatic carbocycles. The van der Waals surface area contributed by atoms with Gasteiger partial charge in [-0.05, 0) is 19.3 Å². The van der Waals surface area contributed by atoms with E-state index in [4.69, 9.17) is 0 Å². The summed E-state index contributed by atoms with van der Waals surface area (Å²) in [5, 5.41) is 3.03. The summed E-state index contributed by atoms with van der Waals surface area (Å²) < 4.78 is 1.42. The van der Waals surface area contributed by atoms with Crippen LogP contribution in [0.5, 0.6) is 0 Å². The van der Waals surface area contributed by atoms with Crippen molar-refractivity contribution >= 4 is 11.7 Å². The van der Waals surface area contributed by atoms with E-state index in [-0.39, 0.29) is 5.56 Å². The molecule has 6 nitrogen and oxygen atoms in total. The van der Waals surface area contributed by atoms with Gasteiger partial charge >= 0.3 is 0 Å². The predicted molar refractivity (Wildman–Crippen MR) is 69.0 cm³/mol. The first kappa shape index (κ1) is 11.3. The van der Waals surface area contributed by atoms with Crippen LogP contribution < -0.4 is 10.5 Å². The molecule has 1 saturated heterocycles. The van der Waals surface area contributed by atoms with Gasteiger partial charge in [0.2, 0.25) is 5.95 Å². The Morgan fingerprint density at radius 3 is 2.83 bits per heavy atom. The third-order valence-corrected chi connectivity index (χ3v) is 3.28. The highest BCUT2D eigenvalue weighted by molar-refractivity contribution is 5.40. The van der Waals surface area contributed by atoms with E-state index in [0.29, 0.717) is 5.78 Å². The summed E-state index contributed by atoms with van der Waals surface area (Å²) >= 11 is 0. The molecule has 2 aromatic heterocycles. The molecule has 0 unspecified atom stereocenters. The minimum absolute atomic E-state index is 0.0820. The lowest BCUT2D eigenvalue weighted by atomic mass is 10.2. The number of aryl methyl sites for hydroxylation is 1. The van der Waals surface area contributed by atoms with Gasteiger partial charge in [0.05, 0.1) is 5.69 Å². The molecule has 6 heteroatoms. The molecule has 3 rings (SSSR count). The van der Waals surface area contributed by atoms with Crippen LogP contribution >= 0.6 is 0 Å². The lowest BCUT2D eigenvalue weighted by molar-refractivity contribution is 0.827. The Morgan fingerprint density at radius 1 is 1.33 bits per heavy atom. The maximum atomic E-state index is 11.9. The van der Waals surface area contributed by atoms with Gasteiger partial charge < -0.3 is 4.90 Å². The molecule has 1 aliphatic rings. The predicted octanol–water partition coefficient (Wildman–Crippen LogP) is 0.970. The highest BCUT2D eigenvalue weighted by Gasteiger charge is 2.17. The average molecular weight is 247 g/mol. The molecule has 2 aromatic rings. The molecule has 0 bridgehead atoms. The van der Waals surface area contributed by atoms with Gasteiger partial charge in [0.25, 0.3) is 11.3 Å². The van der Waals surface area contributed by atoms with Gasteiger partial charge in [-0.2, -0.15) is 9.50 Å². The molecule has 0 radical (unpaired) electrons. The van der Waals surface area contributed by atoms with Crippen molar-refractivity contribution in [1.29, 1.82) is 0 Å². The average Bonchev–Trinajstić information content (AvgIpc) is 2.97. The highest BCUT2D eigenvalue weighted by Crippen LogP contribution is 2.15. The number of aromatic nitrogens is 4. The van der Waals surface area contributed by atoms with E-state index >= 15 is 0 Å². The van der Waals surface area contributed by atoms with Gasteiger partial charge in [0, 0.05) is 19.2 Å². The molecule has 18 heavy (non-hydrogen) atoms. The molecule has 3 heterocycles. The number of fused-ring (bicyclic) bond motifs is 1. The third-order valence-electron chi connectivity index (χ3n) is 3.28. The van der Waals surface area contributed by atoms with Crippen molar-refractivity contribution < 1.29 is 0 Å². The van der Waals surface area contributed by atoms with Crippen LogP contribution in [0.1, 0.15) is 31.9 Å². The van der Waals surface area contributed by atoms with E-state index in [0.717, 1.165) is 37.6 Å². The summed E-state index contributed by atoms with van der Waals surface area (Å²) in [5.41, 5.74) is 0.739. The molecule has 0 amide bonds. The fourth-order valence-electron chi connectivity index (χ4n) is 2.37. The van der Waals surface area contributed by atoms with Gasteiger partial charge in [-0.15, -0.1) is 0 Å². The Balaban J connectivity index is 2.05. The van der Waals surface area contributed by atoms with Crippen LogP contribution in [0.4, 0.5) is 5.95 Å². The largest absolute Gasteiger partial charge is 0.341 e. The van der Waals surface area contributed by atoms with Crippen LogP contribution in [0.2, 0.25) is 0 Å². The van der Waals surface area contributed by atoms with Gasteiger partial charge in [0.15, 0.2) is 0 Å². The van der Waals surface area contributed by atoms with Crippen molar-refractivity contribution in [3.8, 4) is 0 Å². The van der Waals surface area contributed by atoms with Gasteiger partial charge in [-0.3, -0.25) is 9.89 Å². The van der Waals surface area contributed by atoms with Crippen LogP contribution in [0.3, 0.4) is 0 Å². The second kappa shape index (κ2) is 4.44. The topological polar surface area (TPSA) is 66.3 Å². The van der Waals surface area contributed by atoms with E-state index in [9.17, 15) is 4.79 Å². The highest BCUT2D eigenvalue weighted by atomic mass is 16.1. The standard InChI is InChI=1S/C12H17N5O/c1-2-5-9-8-10(18)17-11(13-9)14-12(15-17)16-6-3-4-7-16/h8H,2-7H2,1H3,(H,13,14,15). The van der Waals surface area contributed by atoms with Gasteiger partial charge in [-0.25, -0.2) is 4.98 Å². The normalized spacial score (nSPS) is 15.7. The molecule has 1 N–H and O–H groups in total. The van der Waals surface area contributed by atoms with Crippen LogP contribution in [-0.2, 0) is 6.42 Å². The molecule has 1 fully saturated rings. The first-order valence-corrected chi connectivity index (χ1v) is 6.51. The number of nitrogens with one attached hydrogen (secondary N) is 1. The smallest absolute Gasteiger partial charge is 0.274 e. The second-order valence-electron chi connectivity index (χ2n) is 4.71. The maximum Gasteiger partial charge on any atom is 0.274 e. The van der Waals surface area contributed by atoms with Crippen LogP contribution in [0.15, 0.2) is 10.9 Å². The van der Waals surface area contributed by atoms with Crippen molar-refractivity contribution in [2.45, 2.75) is 32.6 Å². The zero-order chi connectivity index (χ0) is 12.5. The van der Waals surface area contributed by atoms with E-state index < -0.39 is 0 Å². The Hall–Kier alpha value is -1.85. The first-order valence-electron chi connectivity index (χ1n) is 6.51. The lowest BCUT2D eigenvalue weighted by Gasteiger charge is -2.11. The minimum Gasteiger partial charge on any atom is -0.341 e. The lowest BCUT2D eigenvalue weighted by Crippen LogP contribution is -2.20. The number of rotatable bonds is 3. The molecule has 0 spiro atoms. The van der Waals surface area contributed by atoms with Gasteiger partial charge in [-0.1, -0.05) is 13.3 Å². The number of hydrogen-bond donors (Lipinski definition) is 1. The summed E-state index contributed by atoms with van der Waals surface area (Å²) in [6.45, 7) is 4.07. The van der Waals surface area contributed by atoms with Crippen molar-refractivity contribution in [2.75, 3.05) is 18.0 Å². The van der Waals surface area contributed by atoms with Crippen molar-refractivity contribution in [1.82, 2.24) is 19.6 Å². The van der Waals surface area contributed by atoms with Crippen molar-refractivity contribution in [3.63, 3.8) is 0 Å². The van der Waals surface area contributed by atoms with E-state index in [1.807, 2.05) is 0 Å². The molecule has 96 valence electrons. The van der Waals surface area contributed by atoms with E-state index in [1.165, 1.54) is 17.4 Å². The Bertz CT molecular complexity index is 608. The number of H-pyrrole nitrogens is 1. The second-order valence-corrected chi connectivity index (χ2v) is 4.71. The molecule has 0 atom stereocenters. The van der Waals surface area contributed by atoms with Gasteiger partial charge in [0.1, 0.15) is 0 Å². The van der Waals surface area contributed by atoms with Crippen molar-refractivity contribution in [2.24, 2.45) is 0 Å². The summed E-state index contributed by atoms with van der Waals surface area (Å²) in [6.07, 6.45) is 4.16. The monoisotopic (exact) mass is 247 g/mol. The quantitative estimate of drug-likeness (QED) is 0.877. The Morgan fingerprint density at radius 2 is 2.11 bits per heavy atom. The van der Waals surface area contributed by atoms with Crippen LogP contribution in [0.25, 0.3) is 5.78 Å². The molecular formula is C12H17N5O. The molecular weight excluding hydrogens is 230 g/mol. The first-order chi connectivity index (χ1) is 8.78. The zero-order valence-corrected chi connectivity index (χ0v) is 10.5. The molecule has 0 aliphatic carbocycles. The van der Waals surface area contributed by atoms with Crippen LogP contribution in [-0.4, -0.2) is 32.7 Å². The third kappa shape index (κ3) is 1.87. The summed E-state index contributed by atoms with van der Waals surface area (Å²) in [7, 11) is 0. The Labute approximate surface area is 105 Å². The number of nitrogens with zero attached hydrogens (tertiary/aromatic N) is 4. The summed E-state index contributed by atoms with van der Waals surface area (Å²) in [6, 6.07) is 1.59. The molecule has 0 saturated carbocycles. The van der Waals surface area contributed by atoms with E-state index in [2.05, 4.69) is 26.9 Å².